The van der Waals surface area contributed by atoms with Crippen LogP contribution in [0.25, 0.3) is 6.08 Å². The molecular weight excluding hydrogens is 358 g/mol. The van der Waals surface area contributed by atoms with Gasteiger partial charge in [-0.3, -0.25) is 4.79 Å². The molecule has 0 aliphatic rings. The second kappa shape index (κ2) is 8.65. The van der Waals surface area contributed by atoms with Crippen molar-refractivity contribution in [2.75, 3.05) is 0 Å². The first-order valence-electron chi connectivity index (χ1n) is 8.10. The van der Waals surface area contributed by atoms with Crippen LogP contribution in [-0.4, -0.2) is 17.0 Å². The molecule has 0 aliphatic carbocycles. The van der Waals surface area contributed by atoms with Crippen LogP contribution in [0.1, 0.15) is 25.7 Å². The summed E-state index contributed by atoms with van der Waals surface area (Å²) < 4.78 is 0. The van der Waals surface area contributed by atoms with Crippen LogP contribution < -0.4 is 5.32 Å². The number of carbonyl (C=O) groups excluding carboxylic acids is 1. The van der Waals surface area contributed by atoms with E-state index in [0.717, 1.165) is 10.4 Å². The minimum Gasteiger partial charge on any atom is -0.477 e. The maximum atomic E-state index is 12.2. The Bertz CT molecular complexity index is 1040. The van der Waals surface area contributed by atoms with Crippen molar-refractivity contribution in [1.29, 1.82) is 0 Å². The minimum absolute atomic E-state index is 0.187. The van der Waals surface area contributed by atoms with Crippen LogP contribution in [-0.2, 0) is 4.79 Å². The van der Waals surface area contributed by atoms with Crippen molar-refractivity contribution in [3.05, 3.63) is 99.4 Å². The maximum Gasteiger partial charge on any atom is 0.352 e. The Morgan fingerprint density at radius 2 is 1.56 bits per heavy atom. The van der Waals surface area contributed by atoms with Crippen LogP contribution >= 0.6 is 11.3 Å². The number of hydrogen-bond acceptors (Lipinski definition) is 3. The largest absolute Gasteiger partial charge is 0.477 e. The molecule has 5 heteroatoms. The molecule has 0 spiro atoms. The SMILES string of the molecule is O=C(O)/C(=C/c1ccc(C#Cc2ccccc2)s1)NC(=O)c1ccccc1. The average molecular weight is 373 g/mol. The Balaban J connectivity index is 1.77. The summed E-state index contributed by atoms with van der Waals surface area (Å²) in [6.07, 6.45) is 1.43. The molecule has 1 heterocycles. The highest BCUT2D eigenvalue weighted by atomic mass is 32.1. The zero-order valence-electron chi connectivity index (χ0n) is 14.2. The van der Waals surface area contributed by atoms with Gasteiger partial charge in [-0.25, -0.2) is 4.79 Å². The molecule has 0 saturated heterocycles. The summed E-state index contributed by atoms with van der Waals surface area (Å²) in [5.74, 6) is 4.44. The molecule has 1 amide bonds. The van der Waals surface area contributed by atoms with Crippen LogP contribution in [0.2, 0.25) is 0 Å². The van der Waals surface area contributed by atoms with Crippen molar-refractivity contribution in [1.82, 2.24) is 5.32 Å². The minimum atomic E-state index is -1.20. The van der Waals surface area contributed by atoms with Crippen LogP contribution in [0, 0.1) is 11.8 Å². The standard InChI is InChI=1S/C22H15NO3S/c24-21(17-9-5-2-6-10-17)23-20(22(25)26)15-19-14-13-18(27-19)12-11-16-7-3-1-4-8-16/h1-10,13-15H,(H,23,24)(H,25,26)/b20-15-. The van der Waals surface area contributed by atoms with Gasteiger partial charge >= 0.3 is 5.97 Å². The quantitative estimate of drug-likeness (QED) is 0.537. The van der Waals surface area contributed by atoms with Gasteiger partial charge in [0, 0.05) is 16.0 Å². The van der Waals surface area contributed by atoms with Gasteiger partial charge in [0.15, 0.2) is 0 Å². The lowest BCUT2D eigenvalue weighted by molar-refractivity contribution is -0.132. The number of hydrogen-bond donors (Lipinski definition) is 2. The predicted octanol–water partition coefficient (Wildman–Crippen LogP) is 4.00. The number of nitrogens with one attached hydrogen (secondary N) is 1. The fourth-order valence-electron chi connectivity index (χ4n) is 2.23. The van der Waals surface area contributed by atoms with Crippen LogP contribution in [0.15, 0.2) is 78.5 Å². The summed E-state index contributed by atoms with van der Waals surface area (Å²) in [5, 5.41) is 11.8. The van der Waals surface area contributed by atoms with E-state index in [4.69, 9.17) is 0 Å². The molecule has 0 unspecified atom stereocenters. The third-order valence-corrected chi connectivity index (χ3v) is 4.48. The molecule has 4 nitrogen and oxygen atoms in total. The van der Waals surface area contributed by atoms with E-state index in [0.29, 0.717) is 10.4 Å². The molecule has 3 aromatic rings. The highest BCUT2D eigenvalue weighted by Crippen LogP contribution is 2.18. The van der Waals surface area contributed by atoms with Gasteiger partial charge in [-0.1, -0.05) is 48.2 Å². The fourth-order valence-corrected chi connectivity index (χ4v) is 3.04. The second-order valence-corrected chi connectivity index (χ2v) is 6.62. The number of carbonyl (C=O) groups is 2. The normalized spacial score (nSPS) is 10.6. The summed E-state index contributed by atoms with van der Waals surface area (Å²) in [7, 11) is 0. The Morgan fingerprint density at radius 3 is 2.22 bits per heavy atom. The number of amides is 1. The maximum absolute atomic E-state index is 12.2. The van der Waals surface area contributed by atoms with Crippen LogP contribution in [0.3, 0.4) is 0 Å². The van der Waals surface area contributed by atoms with Crippen molar-refractivity contribution in [2.45, 2.75) is 0 Å². The number of aliphatic carboxylic acids is 1. The van der Waals surface area contributed by atoms with E-state index < -0.39 is 11.9 Å². The van der Waals surface area contributed by atoms with E-state index in [9.17, 15) is 14.7 Å². The molecule has 0 radical (unpaired) electrons. The first-order chi connectivity index (χ1) is 13.1. The van der Waals surface area contributed by atoms with E-state index >= 15 is 0 Å². The highest BCUT2D eigenvalue weighted by Gasteiger charge is 2.13. The van der Waals surface area contributed by atoms with Gasteiger partial charge in [0.1, 0.15) is 5.70 Å². The Morgan fingerprint density at radius 1 is 0.889 bits per heavy atom. The Kier molecular flexibility index (Phi) is 5.83. The molecule has 132 valence electrons. The summed E-state index contributed by atoms with van der Waals surface area (Å²) in [6.45, 7) is 0. The van der Waals surface area contributed by atoms with E-state index in [2.05, 4.69) is 17.2 Å². The zero-order chi connectivity index (χ0) is 19.1. The molecule has 0 atom stereocenters. The molecule has 0 aliphatic heterocycles. The molecule has 3 rings (SSSR count). The molecule has 2 aromatic carbocycles. The predicted molar refractivity (Wildman–Crippen MR) is 106 cm³/mol. The first-order valence-corrected chi connectivity index (χ1v) is 8.92. The van der Waals surface area contributed by atoms with Gasteiger partial charge < -0.3 is 10.4 Å². The molecule has 27 heavy (non-hydrogen) atoms. The third-order valence-electron chi connectivity index (χ3n) is 3.53. The lowest BCUT2D eigenvalue weighted by Gasteiger charge is -2.05. The topological polar surface area (TPSA) is 66.4 Å². The van der Waals surface area contributed by atoms with Crippen molar-refractivity contribution >= 4 is 29.3 Å². The summed E-state index contributed by atoms with van der Waals surface area (Å²) >= 11 is 1.36. The van der Waals surface area contributed by atoms with Gasteiger partial charge in [0.2, 0.25) is 0 Å². The number of thiophene rings is 1. The van der Waals surface area contributed by atoms with E-state index in [-0.39, 0.29) is 5.70 Å². The lowest BCUT2D eigenvalue weighted by Crippen LogP contribution is -2.27. The van der Waals surface area contributed by atoms with E-state index in [1.54, 1.807) is 36.4 Å². The molecular formula is C22H15NO3S. The number of carboxylic acid groups (broad SMARTS) is 1. The smallest absolute Gasteiger partial charge is 0.352 e. The molecule has 0 fully saturated rings. The molecule has 0 saturated carbocycles. The summed E-state index contributed by atoms with van der Waals surface area (Å²) in [5.41, 5.74) is 1.11. The molecule has 2 N–H and O–H groups in total. The zero-order valence-corrected chi connectivity index (χ0v) is 15.0. The second-order valence-electron chi connectivity index (χ2n) is 5.50. The number of rotatable bonds is 4. The third kappa shape index (κ3) is 5.18. The average Bonchev–Trinajstić information content (AvgIpc) is 3.14. The summed E-state index contributed by atoms with van der Waals surface area (Å²) in [6, 6.07) is 21.7. The van der Waals surface area contributed by atoms with Crippen LogP contribution in [0.5, 0.6) is 0 Å². The van der Waals surface area contributed by atoms with Crippen molar-refractivity contribution in [3.8, 4) is 11.8 Å². The molecule has 0 bridgehead atoms. The summed E-state index contributed by atoms with van der Waals surface area (Å²) in [4.78, 5) is 25.2. The van der Waals surface area contributed by atoms with Gasteiger partial charge in [-0.05, 0) is 42.5 Å². The van der Waals surface area contributed by atoms with E-state index in [1.165, 1.54) is 17.4 Å². The molecule has 1 aromatic heterocycles. The fraction of sp³-hybridized carbons (Fsp3) is 0. The van der Waals surface area contributed by atoms with Crippen molar-refractivity contribution in [2.24, 2.45) is 0 Å². The highest BCUT2D eigenvalue weighted by molar-refractivity contribution is 7.13. The number of benzene rings is 2. The van der Waals surface area contributed by atoms with Gasteiger partial charge in [-0.15, -0.1) is 11.3 Å². The Labute approximate surface area is 160 Å². The van der Waals surface area contributed by atoms with Gasteiger partial charge in [-0.2, -0.15) is 0 Å². The van der Waals surface area contributed by atoms with Crippen molar-refractivity contribution < 1.29 is 14.7 Å². The van der Waals surface area contributed by atoms with Gasteiger partial charge in [0.25, 0.3) is 5.91 Å². The number of carboxylic acids is 1. The Hall–Kier alpha value is -3.62. The lowest BCUT2D eigenvalue weighted by atomic mass is 10.2. The van der Waals surface area contributed by atoms with Crippen molar-refractivity contribution in [3.63, 3.8) is 0 Å². The van der Waals surface area contributed by atoms with Crippen LogP contribution in [0.4, 0.5) is 0 Å². The monoisotopic (exact) mass is 373 g/mol. The first kappa shape index (κ1) is 18.2. The van der Waals surface area contributed by atoms with E-state index in [1.807, 2.05) is 36.4 Å². The van der Waals surface area contributed by atoms with Gasteiger partial charge in [0.05, 0.1) is 4.88 Å².